The van der Waals surface area contributed by atoms with Gasteiger partial charge in [0.1, 0.15) is 11.8 Å². The zero-order valence-electron chi connectivity index (χ0n) is 21.0. The number of carbonyl (C=O) groups excluding carboxylic acids is 3. The summed E-state index contributed by atoms with van der Waals surface area (Å²) in [5.41, 5.74) is 2.27. The second kappa shape index (κ2) is 9.54. The number of amides is 4. The Morgan fingerprint density at radius 2 is 1.94 bits per heavy atom. The maximum atomic E-state index is 13.6. The Kier molecular flexibility index (Phi) is 6.23. The monoisotopic (exact) mass is 492 g/mol. The predicted molar refractivity (Wildman–Crippen MR) is 134 cm³/mol. The molecule has 5 atom stereocenters. The molecule has 6 rings (SSSR count). The molecule has 1 aliphatic carbocycles. The number of methoxy groups -OCH3 is 1. The van der Waals surface area contributed by atoms with Gasteiger partial charge in [0.15, 0.2) is 0 Å². The van der Waals surface area contributed by atoms with E-state index in [1.807, 2.05) is 29.2 Å². The zero-order valence-corrected chi connectivity index (χ0v) is 21.0. The first kappa shape index (κ1) is 23.5. The maximum Gasteiger partial charge on any atom is 0.325 e. The summed E-state index contributed by atoms with van der Waals surface area (Å²) in [6.07, 6.45) is 9.63. The molecule has 4 aliphatic heterocycles. The van der Waals surface area contributed by atoms with Crippen LogP contribution in [0.15, 0.2) is 35.9 Å². The molecule has 0 aromatic heterocycles. The van der Waals surface area contributed by atoms with Crippen molar-refractivity contribution in [1.29, 1.82) is 0 Å². The van der Waals surface area contributed by atoms with Crippen molar-refractivity contribution >= 4 is 17.8 Å². The van der Waals surface area contributed by atoms with Gasteiger partial charge < -0.3 is 15.0 Å². The quantitative estimate of drug-likeness (QED) is 0.505. The second-order valence-corrected chi connectivity index (χ2v) is 11.1. The maximum absolute atomic E-state index is 13.6. The molecule has 36 heavy (non-hydrogen) atoms. The Morgan fingerprint density at radius 1 is 1.11 bits per heavy atom. The van der Waals surface area contributed by atoms with Crippen molar-refractivity contribution in [2.45, 2.75) is 69.6 Å². The summed E-state index contributed by atoms with van der Waals surface area (Å²) >= 11 is 0. The average Bonchev–Trinajstić information content (AvgIpc) is 3.16. The lowest BCUT2D eigenvalue weighted by atomic mass is 9.68. The summed E-state index contributed by atoms with van der Waals surface area (Å²) in [6, 6.07) is 6.89. The molecule has 4 fully saturated rings. The first-order chi connectivity index (χ1) is 17.5. The van der Waals surface area contributed by atoms with E-state index in [1.165, 1.54) is 36.3 Å². The smallest absolute Gasteiger partial charge is 0.325 e. The van der Waals surface area contributed by atoms with Crippen LogP contribution in [0.5, 0.6) is 5.75 Å². The van der Waals surface area contributed by atoms with E-state index in [-0.39, 0.29) is 30.8 Å². The summed E-state index contributed by atoms with van der Waals surface area (Å²) < 4.78 is 5.18. The number of hydrogen-bond donors (Lipinski definition) is 1. The van der Waals surface area contributed by atoms with Crippen LogP contribution in [0, 0.1) is 11.8 Å². The van der Waals surface area contributed by atoms with Crippen LogP contribution < -0.4 is 10.1 Å². The third-order valence-corrected chi connectivity index (χ3v) is 8.96. The summed E-state index contributed by atoms with van der Waals surface area (Å²) in [5.74, 6) is 1.46. The SMILES string of the molecule is COc1ccc(CN2C(=O)N[C@H](CC(=O)N3CCCC4=C[C@H]5C[C@@H](CN6CCCC[C@H]56)[C@H]43)C2=O)cc1. The molecule has 8 nitrogen and oxygen atoms in total. The van der Waals surface area contributed by atoms with Gasteiger partial charge in [0.2, 0.25) is 5.91 Å². The van der Waals surface area contributed by atoms with E-state index in [0.29, 0.717) is 17.9 Å². The van der Waals surface area contributed by atoms with Gasteiger partial charge >= 0.3 is 6.03 Å². The molecule has 192 valence electrons. The first-order valence-corrected chi connectivity index (χ1v) is 13.5. The van der Waals surface area contributed by atoms with Gasteiger partial charge in [-0.25, -0.2) is 4.79 Å². The fourth-order valence-electron chi connectivity index (χ4n) is 7.32. The molecular weight excluding hydrogens is 456 g/mol. The van der Waals surface area contributed by atoms with Crippen molar-refractivity contribution < 1.29 is 19.1 Å². The Labute approximate surface area is 212 Å². The number of piperidine rings is 3. The number of nitrogens with zero attached hydrogens (tertiary/aromatic N) is 3. The highest BCUT2D eigenvalue weighted by atomic mass is 16.5. The number of carbonyl (C=O) groups is 3. The largest absolute Gasteiger partial charge is 0.497 e. The number of benzene rings is 1. The number of urea groups is 1. The number of likely N-dealkylation sites (tertiary alicyclic amines) is 1. The minimum atomic E-state index is -0.799. The van der Waals surface area contributed by atoms with E-state index < -0.39 is 12.1 Å². The molecule has 4 amide bonds. The van der Waals surface area contributed by atoms with Gasteiger partial charge in [-0.05, 0) is 68.2 Å². The van der Waals surface area contributed by atoms with Crippen molar-refractivity contribution in [2.24, 2.45) is 11.8 Å². The van der Waals surface area contributed by atoms with Gasteiger partial charge in [0.25, 0.3) is 5.91 Å². The summed E-state index contributed by atoms with van der Waals surface area (Å²) in [4.78, 5) is 45.2. The lowest BCUT2D eigenvalue weighted by molar-refractivity contribution is -0.139. The Hall–Kier alpha value is -2.87. The van der Waals surface area contributed by atoms with E-state index in [9.17, 15) is 14.4 Å². The molecule has 1 N–H and O–H groups in total. The topological polar surface area (TPSA) is 82.2 Å². The van der Waals surface area contributed by atoms with Crippen LogP contribution in [0.3, 0.4) is 0 Å². The first-order valence-electron chi connectivity index (χ1n) is 13.5. The highest BCUT2D eigenvalue weighted by Gasteiger charge is 2.48. The van der Waals surface area contributed by atoms with Crippen LogP contribution in [0.1, 0.15) is 50.5 Å². The zero-order chi connectivity index (χ0) is 24.8. The number of rotatable bonds is 5. The van der Waals surface area contributed by atoms with Crippen molar-refractivity contribution in [3.8, 4) is 5.75 Å². The van der Waals surface area contributed by atoms with E-state index in [1.54, 1.807) is 7.11 Å². The summed E-state index contributed by atoms with van der Waals surface area (Å²) in [7, 11) is 1.60. The molecule has 4 saturated heterocycles. The Balaban J connectivity index is 1.14. The molecule has 0 radical (unpaired) electrons. The van der Waals surface area contributed by atoms with Crippen LogP contribution in [0.2, 0.25) is 0 Å². The van der Waals surface area contributed by atoms with Gasteiger partial charge in [0, 0.05) is 19.1 Å². The van der Waals surface area contributed by atoms with E-state index in [4.69, 9.17) is 4.74 Å². The molecule has 2 bridgehead atoms. The van der Waals surface area contributed by atoms with Crippen molar-refractivity contribution in [1.82, 2.24) is 20.0 Å². The number of fused-ring (bicyclic) bond motifs is 6. The standard InChI is InChI=1S/C28H36N4O4/c1-36-22-9-7-18(8-10-22)16-32-27(34)23(29-28(32)35)15-25(33)31-12-4-5-19-13-20-14-21(26(19)31)17-30-11-3-2-6-24(20)30/h7-10,13,20-21,23-24,26H,2-6,11-12,14-17H2,1H3,(H,29,35)/t20-,21-,23+,24+,26-/m0/s1. The minimum Gasteiger partial charge on any atom is -0.497 e. The number of nitrogens with one attached hydrogen (secondary N) is 1. The van der Waals surface area contributed by atoms with Crippen LogP contribution >= 0.6 is 0 Å². The third kappa shape index (κ3) is 4.19. The van der Waals surface area contributed by atoms with Gasteiger partial charge in [-0.2, -0.15) is 0 Å². The highest BCUT2D eigenvalue weighted by molar-refractivity contribution is 6.05. The van der Waals surface area contributed by atoms with Crippen LogP contribution in [-0.4, -0.2) is 77.4 Å². The lowest BCUT2D eigenvalue weighted by Gasteiger charge is -2.54. The highest BCUT2D eigenvalue weighted by Crippen LogP contribution is 2.45. The molecule has 0 spiro atoms. The predicted octanol–water partition coefficient (Wildman–Crippen LogP) is 2.93. The van der Waals surface area contributed by atoms with Gasteiger partial charge in [-0.3, -0.25) is 19.4 Å². The number of ether oxygens (including phenoxy) is 1. The minimum absolute atomic E-state index is 0.0187. The Morgan fingerprint density at radius 3 is 2.75 bits per heavy atom. The van der Waals surface area contributed by atoms with Crippen LogP contribution in [0.25, 0.3) is 0 Å². The molecule has 1 aromatic rings. The molecule has 8 heteroatoms. The average molecular weight is 493 g/mol. The molecule has 4 heterocycles. The molecular formula is C28H36N4O4. The molecule has 1 aromatic carbocycles. The van der Waals surface area contributed by atoms with Gasteiger partial charge in [-0.15, -0.1) is 0 Å². The van der Waals surface area contributed by atoms with E-state index in [0.717, 1.165) is 43.7 Å². The summed E-state index contributed by atoms with van der Waals surface area (Å²) in [5, 5.41) is 2.76. The van der Waals surface area contributed by atoms with Gasteiger partial charge in [0.05, 0.1) is 26.1 Å². The van der Waals surface area contributed by atoms with Gasteiger partial charge in [-0.1, -0.05) is 30.2 Å². The fourth-order valence-corrected chi connectivity index (χ4v) is 7.32. The fraction of sp³-hybridized carbons (Fsp3) is 0.607. The lowest BCUT2D eigenvalue weighted by Crippen LogP contribution is -2.60. The van der Waals surface area contributed by atoms with E-state index >= 15 is 0 Å². The van der Waals surface area contributed by atoms with Crippen molar-refractivity contribution in [3.05, 3.63) is 41.5 Å². The molecule has 0 unspecified atom stereocenters. The van der Waals surface area contributed by atoms with Crippen LogP contribution in [0.4, 0.5) is 4.79 Å². The van der Waals surface area contributed by atoms with Crippen LogP contribution in [-0.2, 0) is 16.1 Å². The van der Waals surface area contributed by atoms with Crippen molar-refractivity contribution in [2.75, 3.05) is 26.7 Å². The number of imide groups is 1. The molecule has 0 saturated carbocycles. The normalized spacial score (nSPS) is 31.9. The number of hydrogen-bond acceptors (Lipinski definition) is 5. The molecule has 5 aliphatic rings. The second-order valence-electron chi connectivity index (χ2n) is 11.1. The summed E-state index contributed by atoms with van der Waals surface area (Å²) in [6.45, 7) is 3.16. The van der Waals surface area contributed by atoms with E-state index in [2.05, 4.69) is 16.3 Å². The Bertz CT molecular complexity index is 1070. The third-order valence-electron chi connectivity index (χ3n) is 8.96. The van der Waals surface area contributed by atoms with Crippen molar-refractivity contribution in [3.63, 3.8) is 0 Å².